The number of nitro benzene ring substituents is 1. The first-order valence-corrected chi connectivity index (χ1v) is 11.5. The molecule has 0 saturated carbocycles. The van der Waals surface area contributed by atoms with Gasteiger partial charge in [-0.1, -0.05) is 0 Å². The largest absolute Gasteiger partial charge is 0.362 e. The first kappa shape index (κ1) is 21.7. The first-order valence-electron chi connectivity index (χ1n) is 9.61. The molecule has 0 atom stereocenters. The number of hydrogen-bond acceptors (Lipinski definition) is 8. The van der Waals surface area contributed by atoms with Crippen LogP contribution in [0.15, 0.2) is 29.3 Å². The highest BCUT2D eigenvalue weighted by Crippen LogP contribution is 2.31. The predicted octanol–water partition coefficient (Wildman–Crippen LogP) is 1.18. The third kappa shape index (κ3) is 5.32. The molecule has 3 rings (SSSR count). The van der Waals surface area contributed by atoms with Gasteiger partial charge in [-0.3, -0.25) is 14.9 Å². The Bertz CT molecular complexity index is 1000. The van der Waals surface area contributed by atoms with Gasteiger partial charge in [-0.05, 0) is 31.4 Å². The predicted molar refractivity (Wildman–Crippen MR) is 109 cm³/mol. The smallest absolute Gasteiger partial charge is 0.293 e. The number of anilines is 1. The molecule has 12 heteroatoms. The van der Waals surface area contributed by atoms with Crippen LogP contribution in [0.3, 0.4) is 0 Å². The number of hydrogen-bond donors (Lipinski definition) is 1. The summed E-state index contributed by atoms with van der Waals surface area (Å²) in [4.78, 5) is 26.8. The van der Waals surface area contributed by atoms with E-state index >= 15 is 0 Å². The molecule has 0 radical (unpaired) electrons. The number of H-pyrrole nitrogens is 1. The Morgan fingerprint density at radius 2 is 1.97 bits per heavy atom. The second kappa shape index (κ2) is 9.20. The maximum Gasteiger partial charge on any atom is 0.293 e. The number of carbonyl (C=O) groups is 1. The number of nitro groups is 1. The van der Waals surface area contributed by atoms with E-state index in [1.165, 1.54) is 12.1 Å². The van der Waals surface area contributed by atoms with Gasteiger partial charge in [0.05, 0.1) is 21.7 Å². The molecule has 1 fully saturated rings. The van der Waals surface area contributed by atoms with E-state index in [4.69, 9.17) is 0 Å². The van der Waals surface area contributed by atoms with Crippen molar-refractivity contribution in [3.63, 3.8) is 0 Å². The van der Waals surface area contributed by atoms with Gasteiger partial charge in [0.25, 0.3) is 5.69 Å². The minimum atomic E-state index is -3.54. The molecule has 1 amide bonds. The lowest BCUT2D eigenvalue weighted by Gasteiger charge is -2.36. The SMILES string of the molecule is CS(=O)(=O)c1ccc(N2CCN(C(=O)CCCCc3cn[nH]n3)CC2)c([N+](=O)[O-])c1. The highest BCUT2D eigenvalue weighted by Gasteiger charge is 2.27. The fraction of sp³-hybridized carbons (Fsp3) is 0.500. The van der Waals surface area contributed by atoms with E-state index in [9.17, 15) is 23.3 Å². The maximum absolute atomic E-state index is 12.4. The van der Waals surface area contributed by atoms with Gasteiger partial charge in [0.1, 0.15) is 5.69 Å². The number of sulfone groups is 1. The summed E-state index contributed by atoms with van der Waals surface area (Å²) in [6.45, 7) is 1.83. The molecule has 1 aliphatic heterocycles. The lowest BCUT2D eigenvalue weighted by Crippen LogP contribution is -2.48. The van der Waals surface area contributed by atoms with Gasteiger partial charge in [-0.15, -0.1) is 0 Å². The lowest BCUT2D eigenvalue weighted by molar-refractivity contribution is -0.384. The Labute approximate surface area is 174 Å². The molecular weight excluding hydrogens is 412 g/mol. The van der Waals surface area contributed by atoms with Crippen LogP contribution in [0, 0.1) is 10.1 Å². The number of amides is 1. The van der Waals surface area contributed by atoms with E-state index in [1.54, 1.807) is 11.1 Å². The number of nitrogens with one attached hydrogen (secondary N) is 1. The van der Waals surface area contributed by atoms with Gasteiger partial charge in [-0.2, -0.15) is 15.4 Å². The Balaban J connectivity index is 1.54. The van der Waals surface area contributed by atoms with Crippen LogP contribution in [0.1, 0.15) is 25.0 Å². The van der Waals surface area contributed by atoms with Crippen LogP contribution >= 0.6 is 0 Å². The topological polar surface area (TPSA) is 142 Å². The average molecular weight is 436 g/mol. The Morgan fingerprint density at radius 1 is 1.23 bits per heavy atom. The van der Waals surface area contributed by atoms with Crippen molar-refractivity contribution < 1.29 is 18.1 Å². The Kier molecular flexibility index (Phi) is 6.65. The fourth-order valence-corrected chi connectivity index (χ4v) is 4.07. The highest BCUT2D eigenvalue weighted by atomic mass is 32.2. The van der Waals surface area contributed by atoms with E-state index in [1.807, 2.05) is 4.90 Å². The third-order valence-corrected chi connectivity index (χ3v) is 6.19. The molecule has 30 heavy (non-hydrogen) atoms. The number of rotatable bonds is 8. The van der Waals surface area contributed by atoms with Crippen molar-refractivity contribution in [1.82, 2.24) is 20.3 Å². The van der Waals surface area contributed by atoms with Gasteiger partial charge >= 0.3 is 0 Å². The van der Waals surface area contributed by atoms with Crippen molar-refractivity contribution in [3.8, 4) is 0 Å². The normalized spacial score (nSPS) is 14.7. The van der Waals surface area contributed by atoms with E-state index < -0.39 is 14.8 Å². The molecule has 0 bridgehead atoms. The van der Waals surface area contributed by atoms with Gasteiger partial charge in [-0.25, -0.2) is 8.42 Å². The molecule has 1 aromatic heterocycles. The lowest BCUT2D eigenvalue weighted by atomic mass is 10.1. The van der Waals surface area contributed by atoms with Crippen LogP contribution in [-0.4, -0.2) is 72.0 Å². The number of piperazine rings is 1. The monoisotopic (exact) mass is 436 g/mol. The zero-order chi connectivity index (χ0) is 21.7. The van der Waals surface area contributed by atoms with E-state index in [2.05, 4.69) is 15.4 Å². The van der Waals surface area contributed by atoms with Crippen LogP contribution in [-0.2, 0) is 21.1 Å². The van der Waals surface area contributed by atoms with E-state index in [0.717, 1.165) is 37.3 Å². The summed E-state index contributed by atoms with van der Waals surface area (Å²) in [5.41, 5.74) is 0.997. The molecule has 0 unspecified atom stereocenters. The van der Waals surface area contributed by atoms with Crippen molar-refractivity contribution in [2.24, 2.45) is 0 Å². The average Bonchev–Trinajstić information content (AvgIpc) is 3.23. The minimum Gasteiger partial charge on any atom is -0.362 e. The maximum atomic E-state index is 12.4. The molecule has 11 nitrogen and oxygen atoms in total. The molecular formula is C18H24N6O5S. The molecule has 2 heterocycles. The minimum absolute atomic E-state index is 0.0664. The van der Waals surface area contributed by atoms with Gasteiger partial charge < -0.3 is 9.80 Å². The number of aromatic nitrogens is 3. The van der Waals surface area contributed by atoms with Gasteiger partial charge in [0, 0.05) is 44.9 Å². The number of benzene rings is 1. The number of aryl methyl sites for hydroxylation is 1. The number of unbranched alkanes of at least 4 members (excludes halogenated alkanes) is 1. The molecule has 2 aromatic rings. The molecule has 162 valence electrons. The first-order chi connectivity index (χ1) is 14.3. The van der Waals surface area contributed by atoms with Crippen LogP contribution < -0.4 is 4.90 Å². The summed E-state index contributed by atoms with van der Waals surface area (Å²) >= 11 is 0. The van der Waals surface area contributed by atoms with Crippen molar-refractivity contribution in [1.29, 1.82) is 0 Å². The number of carbonyl (C=O) groups excluding carboxylic acids is 1. The van der Waals surface area contributed by atoms with Gasteiger partial charge in [0.2, 0.25) is 5.91 Å². The summed E-state index contributed by atoms with van der Waals surface area (Å²) in [6, 6.07) is 3.94. The summed E-state index contributed by atoms with van der Waals surface area (Å²) in [6.07, 6.45) is 5.50. The fourth-order valence-electron chi connectivity index (χ4n) is 3.43. The Hall–Kier alpha value is -3.02. The molecule has 1 N–H and O–H groups in total. The van der Waals surface area contributed by atoms with Crippen molar-refractivity contribution in [2.45, 2.75) is 30.6 Å². The summed E-state index contributed by atoms with van der Waals surface area (Å²) < 4.78 is 23.4. The quantitative estimate of drug-likeness (QED) is 0.369. The summed E-state index contributed by atoms with van der Waals surface area (Å²) in [5, 5.41) is 21.7. The molecule has 1 aliphatic rings. The van der Waals surface area contributed by atoms with Crippen LogP contribution in [0.25, 0.3) is 0 Å². The highest BCUT2D eigenvalue weighted by molar-refractivity contribution is 7.90. The summed E-state index contributed by atoms with van der Waals surface area (Å²) in [5.74, 6) is 0.0664. The molecule has 0 aliphatic carbocycles. The van der Waals surface area contributed by atoms with Gasteiger partial charge in [0.15, 0.2) is 9.84 Å². The van der Waals surface area contributed by atoms with Crippen LogP contribution in [0.5, 0.6) is 0 Å². The van der Waals surface area contributed by atoms with Crippen LogP contribution in [0.4, 0.5) is 11.4 Å². The molecule has 1 aromatic carbocycles. The zero-order valence-electron chi connectivity index (χ0n) is 16.7. The van der Waals surface area contributed by atoms with Crippen LogP contribution in [0.2, 0.25) is 0 Å². The van der Waals surface area contributed by atoms with E-state index in [-0.39, 0.29) is 16.5 Å². The van der Waals surface area contributed by atoms with Crippen molar-refractivity contribution in [3.05, 3.63) is 40.2 Å². The summed E-state index contributed by atoms with van der Waals surface area (Å²) in [7, 11) is -3.54. The van der Waals surface area contributed by atoms with E-state index in [0.29, 0.717) is 38.3 Å². The molecule has 0 spiro atoms. The second-order valence-corrected chi connectivity index (χ2v) is 9.23. The van der Waals surface area contributed by atoms with Crippen molar-refractivity contribution >= 4 is 27.1 Å². The number of nitrogens with zero attached hydrogens (tertiary/aromatic N) is 5. The van der Waals surface area contributed by atoms with Crippen molar-refractivity contribution in [2.75, 3.05) is 37.3 Å². The third-order valence-electron chi connectivity index (χ3n) is 5.08. The Morgan fingerprint density at radius 3 is 2.57 bits per heavy atom. The second-order valence-electron chi connectivity index (χ2n) is 7.22. The zero-order valence-corrected chi connectivity index (χ0v) is 17.5. The molecule has 1 saturated heterocycles. The number of aromatic amines is 1. The standard InChI is InChI=1S/C18H24N6O5S/c1-30(28,29)15-6-7-16(17(12-15)24(26)27)22-8-10-23(11-9-22)18(25)5-3-2-4-14-13-19-21-20-14/h6-7,12-13H,2-5,8-11H2,1H3,(H,19,20,21).